The number of nitrogens with zero attached hydrogens (tertiary/aromatic N) is 2. The number of hydrogen-bond acceptors (Lipinski definition) is 6. The Hall–Kier alpha value is -3.21. The molecule has 1 aromatic rings. The van der Waals surface area contributed by atoms with Gasteiger partial charge in [0.1, 0.15) is 17.8 Å². The highest BCUT2D eigenvalue weighted by molar-refractivity contribution is 6.00. The maximum absolute atomic E-state index is 14.6. The third-order valence-electron chi connectivity index (χ3n) is 6.52. The molecule has 3 rings (SSSR count). The van der Waals surface area contributed by atoms with E-state index in [1.807, 2.05) is 13.8 Å². The molecule has 2 saturated heterocycles. The topological polar surface area (TPSA) is 117 Å². The van der Waals surface area contributed by atoms with Gasteiger partial charge in [0.15, 0.2) is 0 Å². The minimum Gasteiger partial charge on any atom is -0.451 e. The van der Waals surface area contributed by atoms with E-state index in [4.69, 9.17) is 9.47 Å². The lowest BCUT2D eigenvalue weighted by Gasteiger charge is -2.34. The van der Waals surface area contributed by atoms with Crippen molar-refractivity contribution in [1.29, 1.82) is 0 Å². The molecule has 216 valence electrons. The molecule has 10 nitrogen and oxygen atoms in total. The van der Waals surface area contributed by atoms with Crippen LogP contribution in [0.15, 0.2) is 24.3 Å². The van der Waals surface area contributed by atoms with Gasteiger partial charge in [0, 0.05) is 25.2 Å². The van der Waals surface area contributed by atoms with E-state index in [-0.39, 0.29) is 29.0 Å². The lowest BCUT2D eigenvalue weighted by molar-refractivity contribution is -0.147. The van der Waals surface area contributed by atoms with Crippen molar-refractivity contribution >= 4 is 23.6 Å². The zero-order valence-corrected chi connectivity index (χ0v) is 23.5. The van der Waals surface area contributed by atoms with Gasteiger partial charge in [-0.15, -0.1) is 0 Å². The molecule has 0 saturated carbocycles. The van der Waals surface area contributed by atoms with Gasteiger partial charge in [-0.05, 0) is 58.1 Å². The number of benzene rings is 1. The van der Waals surface area contributed by atoms with Crippen LogP contribution in [-0.4, -0.2) is 90.3 Å². The number of nitrogens with one attached hydrogen (secondary N) is 2. The van der Waals surface area contributed by atoms with Crippen LogP contribution in [0.4, 0.5) is 4.39 Å². The first kappa shape index (κ1) is 30.3. The summed E-state index contributed by atoms with van der Waals surface area (Å²) < 4.78 is 25.2. The summed E-state index contributed by atoms with van der Waals surface area (Å²) in [5.41, 5.74) is -0.671. The number of carbonyl (C=O) groups is 4. The Bertz CT molecular complexity index is 1040. The molecule has 0 unspecified atom stereocenters. The number of para-hydroxylation sites is 1. The Balaban J connectivity index is 1.75. The Labute approximate surface area is 229 Å². The predicted octanol–water partition coefficient (Wildman–Crippen LogP) is 2.27. The number of amides is 4. The number of carbonyl (C=O) groups excluding carboxylic acids is 4. The lowest BCUT2D eigenvalue weighted by Crippen LogP contribution is -2.55. The molecule has 2 aliphatic heterocycles. The number of alkyl halides is 1. The zero-order chi connectivity index (χ0) is 28.7. The minimum atomic E-state index is -2.33. The van der Waals surface area contributed by atoms with Crippen LogP contribution in [0.2, 0.25) is 0 Å². The summed E-state index contributed by atoms with van der Waals surface area (Å²) in [6.07, 6.45) is -0.722. The van der Waals surface area contributed by atoms with Crippen LogP contribution >= 0.6 is 0 Å². The standard InChI is InChI=1S/C28H41FN4O6/c1-18(2)17-20(26(36)33-12-8-10-21(33)27(37)32-13-15-38-16-14-32)30-24(34)19-9-6-7-11-22(19)39-23(29)25(35)31-28(3,4)5/h6-7,9,11,18,20-21,23H,8,10,12-17H2,1-5H3,(H,30,34)(H,31,35)/t20-,21-,23-/m1/s1. The van der Waals surface area contributed by atoms with E-state index in [1.54, 1.807) is 42.7 Å². The van der Waals surface area contributed by atoms with Crippen molar-refractivity contribution in [3.8, 4) is 5.75 Å². The van der Waals surface area contributed by atoms with Crippen molar-refractivity contribution in [2.45, 2.75) is 77.9 Å². The Kier molecular flexibility index (Phi) is 10.3. The van der Waals surface area contributed by atoms with E-state index in [1.165, 1.54) is 12.1 Å². The number of likely N-dealkylation sites (tertiary alicyclic amines) is 1. The van der Waals surface area contributed by atoms with E-state index >= 15 is 0 Å². The van der Waals surface area contributed by atoms with Crippen molar-refractivity contribution in [3.63, 3.8) is 0 Å². The minimum absolute atomic E-state index is 0.00682. The SMILES string of the molecule is CC(C)C[C@@H](NC(=O)c1ccccc1O[C@@H](F)C(=O)NC(C)(C)C)C(=O)N1CCC[C@@H]1C(=O)N1CCOCC1. The summed E-state index contributed by atoms with van der Waals surface area (Å²) in [6.45, 7) is 11.4. The molecule has 2 N–H and O–H groups in total. The van der Waals surface area contributed by atoms with Gasteiger partial charge in [0.2, 0.25) is 11.8 Å². The predicted molar refractivity (Wildman–Crippen MR) is 143 cm³/mol. The van der Waals surface area contributed by atoms with Gasteiger partial charge in [-0.1, -0.05) is 26.0 Å². The summed E-state index contributed by atoms with van der Waals surface area (Å²) in [5, 5.41) is 5.28. The molecule has 4 amide bonds. The normalized spacial score (nSPS) is 19.4. The van der Waals surface area contributed by atoms with Gasteiger partial charge in [-0.3, -0.25) is 19.2 Å². The fourth-order valence-corrected chi connectivity index (χ4v) is 4.76. The molecule has 0 spiro atoms. The number of hydrogen-bond donors (Lipinski definition) is 2. The summed E-state index contributed by atoms with van der Waals surface area (Å²) in [7, 11) is 0. The zero-order valence-electron chi connectivity index (χ0n) is 23.5. The fourth-order valence-electron chi connectivity index (χ4n) is 4.76. The van der Waals surface area contributed by atoms with E-state index in [0.717, 1.165) is 0 Å². The Morgan fingerprint density at radius 2 is 1.77 bits per heavy atom. The maximum Gasteiger partial charge on any atom is 0.316 e. The first-order valence-electron chi connectivity index (χ1n) is 13.6. The summed E-state index contributed by atoms with van der Waals surface area (Å²) in [4.78, 5) is 55.7. The van der Waals surface area contributed by atoms with Gasteiger partial charge in [-0.2, -0.15) is 4.39 Å². The van der Waals surface area contributed by atoms with Gasteiger partial charge < -0.3 is 29.9 Å². The average molecular weight is 549 g/mol. The van der Waals surface area contributed by atoms with E-state index < -0.39 is 35.8 Å². The highest BCUT2D eigenvalue weighted by Gasteiger charge is 2.40. The Morgan fingerprint density at radius 3 is 2.41 bits per heavy atom. The maximum atomic E-state index is 14.6. The van der Waals surface area contributed by atoms with E-state index in [9.17, 15) is 23.6 Å². The van der Waals surface area contributed by atoms with Crippen molar-refractivity contribution in [2.75, 3.05) is 32.8 Å². The second-order valence-electron chi connectivity index (χ2n) is 11.5. The third kappa shape index (κ3) is 8.39. The molecule has 3 atom stereocenters. The highest BCUT2D eigenvalue weighted by atomic mass is 19.1. The number of halogens is 1. The first-order chi connectivity index (χ1) is 18.4. The summed E-state index contributed by atoms with van der Waals surface area (Å²) in [5.74, 6) is -2.08. The molecule has 1 aromatic carbocycles. The van der Waals surface area contributed by atoms with Gasteiger partial charge in [0.05, 0.1) is 18.8 Å². The van der Waals surface area contributed by atoms with E-state index in [2.05, 4.69) is 10.6 Å². The molecule has 2 fully saturated rings. The third-order valence-corrected chi connectivity index (χ3v) is 6.52. The van der Waals surface area contributed by atoms with Crippen molar-refractivity contribution in [3.05, 3.63) is 29.8 Å². The molecular weight excluding hydrogens is 507 g/mol. The Morgan fingerprint density at radius 1 is 1.10 bits per heavy atom. The molecule has 11 heteroatoms. The van der Waals surface area contributed by atoms with Crippen molar-refractivity contribution < 1.29 is 33.0 Å². The second-order valence-corrected chi connectivity index (χ2v) is 11.5. The average Bonchev–Trinajstić information content (AvgIpc) is 3.37. The van der Waals surface area contributed by atoms with Crippen LogP contribution in [0.5, 0.6) is 5.75 Å². The molecule has 39 heavy (non-hydrogen) atoms. The van der Waals surface area contributed by atoms with Gasteiger partial charge in [0.25, 0.3) is 11.8 Å². The fraction of sp³-hybridized carbons (Fsp3) is 0.643. The summed E-state index contributed by atoms with van der Waals surface area (Å²) in [6, 6.07) is 4.50. The van der Waals surface area contributed by atoms with Gasteiger partial charge in [-0.25, -0.2) is 0 Å². The molecular formula is C28H41FN4O6. The molecule has 0 bridgehead atoms. The van der Waals surface area contributed by atoms with Crippen molar-refractivity contribution in [1.82, 2.24) is 20.4 Å². The molecule has 0 radical (unpaired) electrons. The lowest BCUT2D eigenvalue weighted by atomic mass is 10.0. The van der Waals surface area contributed by atoms with Crippen LogP contribution in [0.25, 0.3) is 0 Å². The highest BCUT2D eigenvalue weighted by Crippen LogP contribution is 2.24. The van der Waals surface area contributed by atoms with Gasteiger partial charge >= 0.3 is 6.36 Å². The monoisotopic (exact) mass is 548 g/mol. The van der Waals surface area contributed by atoms with Crippen LogP contribution in [-0.2, 0) is 19.1 Å². The van der Waals surface area contributed by atoms with E-state index in [0.29, 0.717) is 52.1 Å². The number of ether oxygens (including phenoxy) is 2. The van der Waals surface area contributed by atoms with Crippen LogP contribution < -0.4 is 15.4 Å². The molecule has 2 aliphatic rings. The second kappa shape index (κ2) is 13.2. The number of morpholine rings is 1. The first-order valence-corrected chi connectivity index (χ1v) is 13.6. The summed E-state index contributed by atoms with van der Waals surface area (Å²) >= 11 is 0. The van der Waals surface area contributed by atoms with Crippen molar-refractivity contribution in [2.24, 2.45) is 5.92 Å². The quantitative estimate of drug-likeness (QED) is 0.489. The van der Waals surface area contributed by atoms with Crippen LogP contribution in [0, 0.1) is 5.92 Å². The molecule has 2 heterocycles. The number of rotatable bonds is 9. The molecule has 0 aliphatic carbocycles. The smallest absolute Gasteiger partial charge is 0.316 e. The van der Waals surface area contributed by atoms with Crippen LogP contribution in [0.3, 0.4) is 0 Å². The largest absolute Gasteiger partial charge is 0.451 e. The molecule has 0 aromatic heterocycles. The van der Waals surface area contributed by atoms with Crippen LogP contribution in [0.1, 0.15) is 64.2 Å².